The van der Waals surface area contributed by atoms with Crippen molar-refractivity contribution in [2.45, 2.75) is 6.92 Å². The molecule has 2 heterocycles. The monoisotopic (exact) mass is 405 g/mol. The number of likely N-dealkylation sites (N-methyl/N-ethyl adjacent to an activating group) is 1. The smallest absolute Gasteiger partial charge is 0.328 e. The third-order valence-electron chi connectivity index (χ3n) is 3.62. The SMILES string of the molecule is CCN1C(=O)N/C(=C\c2ccc(-c3ccc([N+](=O)[O-])cc3Br)o2)C1=O. The third-order valence-corrected chi connectivity index (χ3v) is 4.28. The van der Waals surface area contributed by atoms with Crippen molar-refractivity contribution in [1.82, 2.24) is 10.2 Å². The van der Waals surface area contributed by atoms with Crippen LogP contribution in [0.1, 0.15) is 12.7 Å². The lowest BCUT2D eigenvalue weighted by molar-refractivity contribution is -0.384. The second kappa shape index (κ2) is 6.52. The summed E-state index contributed by atoms with van der Waals surface area (Å²) < 4.78 is 6.18. The van der Waals surface area contributed by atoms with E-state index in [2.05, 4.69) is 21.2 Å². The average Bonchev–Trinajstić information content (AvgIpc) is 3.12. The van der Waals surface area contributed by atoms with Crippen LogP contribution in [0.4, 0.5) is 10.5 Å². The van der Waals surface area contributed by atoms with Gasteiger partial charge in [0, 0.05) is 34.8 Å². The van der Waals surface area contributed by atoms with Crippen LogP contribution >= 0.6 is 15.9 Å². The molecule has 0 bridgehead atoms. The molecule has 0 radical (unpaired) electrons. The number of furan rings is 1. The fraction of sp³-hybridized carbons (Fsp3) is 0.125. The number of amides is 3. The molecule has 0 unspecified atom stereocenters. The third kappa shape index (κ3) is 3.18. The molecule has 25 heavy (non-hydrogen) atoms. The number of nitro groups is 1. The van der Waals surface area contributed by atoms with Crippen LogP contribution in [0, 0.1) is 10.1 Å². The summed E-state index contributed by atoms with van der Waals surface area (Å²) in [5, 5.41) is 13.3. The minimum Gasteiger partial charge on any atom is -0.457 e. The number of urea groups is 1. The second-order valence-electron chi connectivity index (χ2n) is 5.16. The van der Waals surface area contributed by atoms with Crippen LogP contribution in [0.25, 0.3) is 17.4 Å². The molecule has 8 nitrogen and oxygen atoms in total. The molecule has 1 aliphatic rings. The zero-order valence-electron chi connectivity index (χ0n) is 13.0. The van der Waals surface area contributed by atoms with Gasteiger partial charge in [-0.1, -0.05) is 0 Å². The maximum atomic E-state index is 12.0. The Hall–Kier alpha value is -2.94. The van der Waals surface area contributed by atoms with Gasteiger partial charge >= 0.3 is 6.03 Å². The Labute approximate surface area is 150 Å². The molecule has 1 aromatic heterocycles. The lowest BCUT2D eigenvalue weighted by Gasteiger charge is -2.05. The molecule has 2 aromatic rings. The number of carbonyl (C=O) groups excluding carboxylic acids is 2. The summed E-state index contributed by atoms with van der Waals surface area (Å²) in [6.07, 6.45) is 1.44. The molecule has 0 saturated carbocycles. The summed E-state index contributed by atoms with van der Waals surface area (Å²) in [6, 6.07) is 7.18. The first-order valence-electron chi connectivity index (χ1n) is 7.29. The predicted octanol–water partition coefficient (Wildman–Crippen LogP) is 3.53. The highest BCUT2D eigenvalue weighted by Crippen LogP contribution is 2.33. The van der Waals surface area contributed by atoms with Crippen LogP contribution in [-0.4, -0.2) is 28.3 Å². The number of nitro benzene ring substituents is 1. The van der Waals surface area contributed by atoms with Crippen LogP contribution in [0.15, 0.2) is 44.9 Å². The van der Waals surface area contributed by atoms with Crippen molar-refractivity contribution >= 4 is 39.6 Å². The van der Waals surface area contributed by atoms with Gasteiger partial charge in [-0.25, -0.2) is 4.79 Å². The molecular weight excluding hydrogens is 394 g/mol. The quantitative estimate of drug-likeness (QED) is 0.362. The molecule has 1 aliphatic heterocycles. The van der Waals surface area contributed by atoms with Gasteiger partial charge in [0.2, 0.25) is 0 Å². The van der Waals surface area contributed by atoms with Gasteiger partial charge in [0.05, 0.1) is 4.92 Å². The fourth-order valence-electron chi connectivity index (χ4n) is 2.39. The number of hydrogen-bond donors (Lipinski definition) is 1. The van der Waals surface area contributed by atoms with E-state index in [1.165, 1.54) is 18.2 Å². The number of hydrogen-bond acceptors (Lipinski definition) is 5. The summed E-state index contributed by atoms with van der Waals surface area (Å²) in [6.45, 7) is 1.98. The first-order valence-corrected chi connectivity index (χ1v) is 8.08. The topological polar surface area (TPSA) is 106 Å². The lowest BCUT2D eigenvalue weighted by atomic mass is 10.1. The van der Waals surface area contributed by atoms with Crippen molar-refractivity contribution in [2.24, 2.45) is 0 Å². The summed E-state index contributed by atoms with van der Waals surface area (Å²) in [4.78, 5) is 35.1. The summed E-state index contributed by atoms with van der Waals surface area (Å²) in [7, 11) is 0. The predicted molar refractivity (Wildman–Crippen MR) is 92.4 cm³/mol. The second-order valence-corrected chi connectivity index (χ2v) is 6.02. The van der Waals surface area contributed by atoms with Gasteiger partial charge in [-0.3, -0.25) is 19.8 Å². The summed E-state index contributed by atoms with van der Waals surface area (Å²) in [5.41, 5.74) is 0.728. The van der Waals surface area contributed by atoms with Gasteiger partial charge in [-0.05, 0) is 41.1 Å². The molecule has 1 N–H and O–H groups in total. The molecule has 0 spiro atoms. The van der Waals surface area contributed by atoms with E-state index in [4.69, 9.17) is 4.42 Å². The van der Waals surface area contributed by atoms with Gasteiger partial charge in [0.25, 0.3) is 11.6 Å². The molecule has 1 aromatic carbocycles. The first-order chi connectivity index (χ1) is 11.9. The minimum absolute atomic E-state index is 0.0385. The van der Waals surface area contributed by atoms with Crippen molar-refractivity contribution in [3.8, 4) is 11.3 Å². The van der Waals surface area contributed by atoms with Gasteiger partial charge in [-0.15, -0.1) is 0 Å². The number of nitrogens with zero attached hydrogens (tertiary/aromatic N) is 2. The van der Waals surface area contributed by atoms with Crippen molar-refractivity contribution in [3.63, 3.8) is 0 Å². The Morgan fingerprint density at radius 2 is 2.08 bits per heavy atom. The number of benzene rings is 1. The Bertz CT molecular complexity index is 918. The molecular formula is C16H12BrN3O5. The molecule has 0 aliphatic carbocycles. The van der Waals surface area contributed by atoms with Crippen molar-refractivity contribution in [1.29, 1.82) is 0 Å². The van der Waals surface area contributed by atoms with Crippen LogP contribution in [0.5, 0.6) is 0 Å². The minimum atomic E-state index is -0.486. The maximum absolute atomic E-state index is 12.0. The largest absolute Gasteiger partial charge is 0.457 e. The number of rotatable bonds is 4. The molecule has 9 heteroatoms. The van der Waals surface area contributed by atoms with E-state index in [1.54, 1.807) is 25.1 Å². The van der Waals surface area contributed by atoms with Gasteiger partial charge in [0.1, 0.15) is 17.2 Å². The summed E-state index contributed by atoms with van der Waals surface area (Å²) in [5.74, 6) is 0.432. The number of nitrogens with one attached hydrogen (secondary N) is 1. The van der Waals surface area contributed by atoms with Crippen LogP contribution in [0.2, 0.25) is 0 Å². The zero-order valence-corrected chi connectivity index (χ0v) is 14.6. The van der Waals surface area contributed by atoms with Gasteiger partial charge in [0.15, 0.2) is 0 Å². The van der Waals surface area contributed by atoms with Crippen molar-refractivity contribution < 1.29 is 18.9 Å². The highest BCUT2D eigenvalue weighted by atomic mass is 79.9. The maximum Gasteiger partial charge on any atom is 0.328 e. The number of imide groups is 1. The summed E-state index contributed by atoms with van der Waals surface area (Å²) >= 11 is 3.29. The fourth-order valence-corrected chi connectivity index (χ4v) is 2.96. The van der Waals surface area contributed by atoms with E-state index in [0.29, 0.717) is 21.6 Å². The van der Waals surface area contributed by atoms with E-state index in [9.17, 15) is 19.7 Å². The van der Waals surface area contributed by atoms with E-state index < -0.39 is 16.9 Å². The standard InChI is InChI=1S/C16H12BrN3O5/c1-2-19-15(21)13(18-16(19)22)8-10-4-6-14(25-10)11-5-3-9(20(23)24)7-12(11)17/h3-8H,2H2,1H3,(H,18,22)/b13-8-. The number of carbonyl (C=O) groups is 2. The Morgan fingerprint density at radius 1 is 1.32 bits per heavy atom. The van der Waals surface area contributed by atoms with E-state index >= 15 is 0 Å². The molecule has 3 amide bonds. The van der Waals surface area contributed by atoms with Crippen LogP contribution < -0.4 is 5.32 Å². The number of halogens is 1. The van der Waals surface area contributed by atoms with Crippen LogP contribution in [-0.2, 0) is 4.79 Å². The molecule has 3 rings (SSSR count). The Balaban J connectivity index is 1.89. The van der Waals surface area contributed by atoms with Gasteiger partial charge < -0.3 is 9.73 Å². The lowest BCUT2D eigenvalue weighted by Crippen LogP contribution is -2.30. The van der Waals surface area contributed by atoms with E-state index in [1.807, 2.05) is 0 Å². The molecule has 1 fully saturated rings. The Morgan fingerprint density at radius 3 is 2.68 bits per heavy atom. The van der Waals surface area contributed by atoms with Crippen LogP contribution in [0.3, 0.4) is 0 Å². The van der Waals surface area contributed by atoms with E-state index in [0.717, 1.165) is 4.90 Å². The van der Waals surface area contributed by atoms with Crippen molar-refractivity contribution in [3.05, 3.63) is 56.4 Å². The average molecular weight is 406 g/mol. The highest BCUT2D eigenvalue weighted by molar-refractivity contribution is 9.10. The zero-order chi connectivity index (χ0) is 18.1. The first kappa shape index (κ1) is 16.9. The Kier molecular flexibility index (Phi) is 4.41. The molecule has 128 valence electrons. The highest BCUT2D eigenvalue weighted by Gasteiger charge is 2.32. The van der Waals surface area contributed by atoms with Crippen molar-refractivity contribution in [2.75, 3.05) is 6.54 Å². The van der Waals surface area contributed by atoms with Gasteiger partial charge in [-0.2, -0.15) is 0 Å². The van der Waals surface area contributed by atoms with E-state index in [-0.39, 0.29) is 17.9 Å². The molecule has 0 atom stereocenters. The normalized spacial score (nSPS) is 15.8. The molecule has 1 saturated heterocycles. The number of non-ortho nitro benzene ring substituents is 1.